The molecule has 1 atom stereocenters. The van der Waals surface area contributed by atoms with Gasteiger partial charge in [-0.15, -0.1) is 0 Å². The molecule has 0 saturated heterocycles. The number of amides is 1. The number of carbonyl (C=O) groups excluding carboxylic acids is 1. The van der Waals surface area contributed by atoms with Crippen LogP contribution >= 0.6 is 11.6 Å². The largest absolute Gasteiger partial charge is 0.495 e. The van der Waals surface area contributed by atoms with Crippen LogP contribution in [0.25, 0.3) is 11.0 Å². The Morgan fingerprint density at radius 1 is 1.08 bits per heavy atom. The summed E-state index contributed by atoms with van der Waals surface area (Å²) in [5.74, 6) is 2.44. The Balaban J connectivity index is 1.49. The average Bonchev–Trinajstić information content (AvgIpc) is 3.52. The molecule has 6 rings (SSSR count). The zero-order valence-corrected chi connectivity index (χ0v) is 21.1. The molecule has 1 unspecified atom stereocenters. The first-order valence-corrected chi connectivity index (χ1v) is 11.9. The van der Waals surface area contributed by atoms with Crippen LogP contribution in [0.5, 0.6) is 23.0 Å². The molecule has 1 amide bonds. The summed E-state index contributed by atoms with van der Waals surface area (Å²) < 4.78 is 24.0. The summed E-state index contributed by atoms with van der Waals surface area (Å²) in [7, 11) is 3.03. The number of aromatic nitrogens is 2. The third-order valence-corrected chi connectivity index (χ3v) is 6.81. The highest BCUT2D eigenvalue weighted by Gasteiger charge is 2.35. The van der Waals surface area contributed by atoms with Crippen molar-refractivity contribution in [2.75, 3.05) is 31.6 Å². The quantitative estimate of drug-likeness (QED) is 0.367. The fourth-order valence-corrected chi connectivity index (χ4v) is 5.04. The number of methoxy groups -OCH3 is 2. The maximum Gasteiger partial charge on any atom is 0.255 e. The van der Waals surface area contributed by atoms with Crippen molar-refractivity contribution in [3.63, 3.8) is 0 Å². The first-order chi connectivity index (χ1) is 18.0. The molecular formula is C27H23ClN4O5. The molecule has 0 fully saturated rings. The second-order valence-corrected chi connectivity index (χ2v) is 9.02. The van der Waals surface area contributed by atoms with Gasteiger partial charge < -0.3 is 29.6 Å². The van der Waals surface area contributed by atoms with Crippen LogP contribution in [0, 0.1) is 0 Å². The number of halogens is 1. The van der Waals surface area contributed by atoms with Crippen molar-refractivity contribution in [2.24, 2.45) is 0 Å². The predicted octanol–water partition coefficient (Wildman–Crippen LogP) is 5.36. The normalized spacial score (nSPS) is 15.8. The van der Waals surface area contributed by atoms with Crippen molar-refractivity contribution in [2.45, 2.75) is 13.0 Å². The van der Waals surface area contributed by atoms with Gasteiger partial charge in [0.1, 0.15) is 11.5 Å². The minimum atomic E-state index is -0.502. The number of fused-ring (bicyclic) bond motifs is 4. The number of nitrogens with one attached hydrogen (secondary N) is 2. The number of anilines is 2. The number of para-hydroxylation sites is 2. The van der Waals surface area contributed by atoms with E-state index in [1.165, 1.54) is 14.2 Å². The SMILES string of the molecule is COc1cc(NC(=O)C2=C(C)Nc3nc4ccccc4n3C2c2ccc3c(c2)OCO3)c(OC)cc1Cl. The van der Waals surface area contributed by atoms with Gasteiger partial charge in [0.2, 0.25) is 12.7 Å². The Bertz CT molecular complexity index is 1600. The zero-order chi connectivity index (χ0) is 25.7. The summed E-state index contributed by atoms with van der Waals surface area (Å²) in [6.07, 6.45) is 0. The van der Waals surface area contributed by atoms with Gasteiger partial charge in [0, 0.05) is 17.8 Å². The summed E-state index contributed by atoms with van der Waals surface area (Å²) >= 11 is 6.27. The van der Waals surface area contributed by atoms with E-state index in [0.29, 0.717) is 50.9 Å². The number of ether oxygens (including phenoxy) is 4. The molecule has 2 aliphatic rings. The summed E-state index contributed by atoms with van der Waals surface area (Å²) in [6.45, 7) is 2.02. The standard InChI is InChI=1S/C27H23ClN4O5/c1-14-24(26(33)30-18-12-21(34-2)16(28)11-22(18)35-3)25(15-8-9-20-23(10-15)37-13-36-20)32-19-7-5-4-6-17(19)31-27(32)29-14/h4-12,25H,13H2,1-3H3,(H,29,31)(H,30,33). The molecule has 2 N–H and O–H groups in total. The van der Waals surface area contributed by atoms with Gasteiger partial charge >= 0.3 is 0 Å². The number of rotatable bonds is 5. The van der Waals surface area contributed by atoms with Gasteiger partial charge in [0.05, 0.1) is 47.6 Å². The van der Waals surface area contributed by atoms with E-state index in [9.17, 15) is 4.79 Å². The number of imidazole rings is 1. The Kier molecular flexibility index (Phi) is 5.57. The molecule has 188 valence electrons. The molecule has 1 aromatic heterocycles. The lowest BCUT2D eigenvalue weighted by Gasteiger charge is -2.31. The molecule has 2 aliphatic heterocycles. The number of allylic oxidation sites excluding steroid dienone is 1. The molecule has 0 saturated carbocycles. The Labute approximate surface area is 217 Å². The van der Waals surface area contributed by atoms with E-state index in [1.54, 1.807) is 12.1 Å². The van der Waals surface area contributed by atoms with Crippen molar-refractivity contribution in [1.82, 2.24) is 9.55 Å². The van der Waals surface area contributed by atoms with Gasteiger partial charge in [0.15, 0.2) is 11.5 Å². The summed E-state index contributed by atoms with van der Waals surface area (Å²) in [4.78, 5) is 18.8. The smallest absolute Gasteiger partial charge is 0.255 e. The maximum atomic E-state index is 14.0. The third-order valence-electron chi connectivity index (χ3n) is 6.51. The first kappa shape index (κ1) is 23.1. The van der Waals surface area contributed by atoms with E-state index in [2.05, 4.69) is 10.6 Å². The topological polar surface area (TPSA) is 95.9 Å². The molecule has 10 heteroatoms. The van der Waals surface area contributed by atoms with Crippen LogP contribution in [-0.2, 0) is 4.79 Å². The molecule has 0 spiro atoms. The monoisotopic (exact) mass is 518 g/mol. The molecule has 3 heterocycles. The molecule has 0 radical (unpaired) electrons. The van der Waals surface area contributed by atoms with Gasteiger partial charge in [-0.2, -0.15) is 0 Å². The second-order valence-electron chi connectivity index (χ2n) is 8.61. The zero-order valence-electron chi connectivity index (χ0n) is 20.3. The molecule has 0 bridgehead atoms. The van der Waals surface area contributed by atoms with Gasteiger partial charge in [0.25, 0.3) is 5.91 Å². The van der Waals surface area contributed by atoms with Gasteiger partial charge in [-0.3, -0.25) is 9.36 Å². The predicted molar refractivity (Wildman–Crippen MR) is 140 cm³/mol. The maximum absolute atomic E-state index is 14.0. The van der Waals surface area contributed by atoms with Crippen molar-refractivity contribution in [3.8, 4) is 23.0 Å². The average molecular weight is 519 g/mol. The molecular weight excluding hydrogens is 496 g/mol. The number of nitrogens with zero attached hydrogens (tertiary/aromatic N) is 2. The minimum Gasteiger partial charge on any atom is -0.495 e. The van der Waals surface area contributed by atoms with E-state index in [4.69, 9.17) is 35.5 Å². The molecule has 3 aromatic carbocycles. The van der Waals surface area contributed by atoms with Crippen LogP contribution in [0.3, 0.4) is 0 Å². The highest BCUT2D eigenvalue weighted by Crippen LogP contribution is 2.43. The Morgan fingerprint density at radius 3 is 2.68 bits per heavy atom. The van der Waals surface area contributed by atoms with Crippen molar-refractivity contribution in [3.05, 3.63) is 76.5 Å². The van der Waals surface area contributed by atoms with E-state index >= 15 is 0 Å². The summed E-state index contributed by atoms with van der Waals surface area (Å²) in [6, 6.07) is 16.3. The summed E-state index contributed by atoms with van der Waals surface area (Å²) in [5.41, 5.74) is 4.15. The first-order valence-electron chi connectivity index (χ1n) is 11.6. The molecule has 0 aliphatic carbocycles. The highest BCUT2D eigenvalue weighted by molar-refractivity contribution is 6.32. The third kappa shape index (κ3) is 3.79. The van der Waals surface area contributed by atoms with E-state index in [0.717, 1.165) is 16.6 Å². The van der Waals surface area contributed by atoms with Crippen molar-refractivity contribution >= 4 is 40.2 Å². The Hall–Kier alpha value is -4.37. The molecule has 4 aromatic rings. The lowest BCUT2D eigenvalue weighted by Crippen LogP contribution is -2.31. The van der Waals surface area contributed by atoms with Crippen LogP contribution < -0.4 is 29.6 Å². The van der Waals surface area contributed by atoms with E-state index in [1.807, 2.05) is 54.0 Å². The van der Waals surface area contributed by atoms with Crippen LogP contribution in [0.15, 0.2) is 65.9 Å². The van der Waals surface area contributed by atoms with Crippen molar-refractivity contribution in [1.29, 1.82) is 0 Å². The lowest BCUT2D eigenvalue weighted by atomic mass is 9.94. The molecule has 37 heavy (non-hydrogen) atoms. The summed E-state index contributed by atoms with van der Waals surface area (Å²) in [5, 5.41) is 6.69. The fourth-order valence-electron chi connectivity index (χ4n) is 4.80. The van der Waals surface area contributed by atoms with Crippen LogP contribution in [0.2, 0.25) is 5.02 Å². The number of hydrogen-bond donors (Lipinski definition) is 2. The molecule has 9 nitrogen and oxygen atoms in total. The Morgan fingerprint density at radius 2 is 1.86 bits per heavy atom. The van der Waals surface area contributed by atoms with Gasteiger partial charge in [-0.25, -0.2) is 4.98 Å². The highest BCUT2D eigenvalue weighted by atomic mass is 35.5. The minimum absolute atomic E-state index is 0.157. The van der Waals surface area contributed by atoms with Crippen LogP contribution in [0.1, 0.15) is 18.5 Å². The van der Waals surface area contributed by atoms with E-state index in [-0.39, 0.29) is 12.7 Å². The lowest BCUT2D eigenvalue weighted by molar-refractivity contribution is -0.113. The van der Waals surface area contributed by atoms with Crippen LogP contribution in [0.4, 0.5) is 11.6 Å². The van der Waals surface area contributed by atoms with Crippen LogP contribution in [-0.4, -0.2) is 36.5 Å². The van der Waals surface area contributed by atoms with Crippen molar-refractivity contribution < 1.29 is 23.7 Å². The fraction of sp³-hybridized carbons (Fsp3) is 0.185. The van der Waals surface area contributed by atoms with Gasteiger partial charge in [-0.05, 0) is 36.8 Å². The van der Waals surface area contributed by atoms with E-state index < -0.39 is 6.04 Å². The number of benzene rings is 3. The van der Waals surface area contributed by atoms with Gasteiger partial charge in [-0.1, -0.05) is 29.8 Å². The second kappa shape index (κ2) is 8.94. The number of carbonyl (C=O) groups is 1. The number of hydrogen-bond acceptors (Lipinski definition) is 7.